The molecule has 0 atom stereocenters. The molecule has 0 amide bonds. The molecule has 1 rings (SSSR count). The number of rotatable bonds is 1. The van der Waals surface area contributed by atoms with E-state index in [-0.39, 0.29) is 24.0 Å². The van der Waals surface area contributed by atoms with Crippen molar-refractivity contribution >= 4 is 0 Å². The highest BCUT2D eigenvalue weighted by Gasteiger charge is 2.13. The predicted molar refractivity (Wildman–Crippen MR) is 35.0 cm³/mol. The van der Waals surface area contributed by atoms with Gasteiger partial charge in [0.15, 0.2) is 0 Å². The molecule has 0 N–H and O–H groups in total. The zero-order valence-electron chi connectivity index (χ0n) is 5.84. The topological polar surface area (TPSA) is 0 Å². The average Bonchev–Trinajstić information content (AvgIpc) is 2.17. The van der Waals surface area contributed by atoms with Crippen LogP contribution in [-0.4, -0.2) is 18.1 Å². The van der Waals surface area contributed by atoms with Crippen LogP contribution in [0.2, 0.25) is 0 Å². The van der Waals surface area contributed by atoms with Gasteiger partial charge >= 0.3 is 0 Å². The molecule has 0 fully saturated rings. The Morgan fingerprint density at radius 3 is 1.89 bits per heavy atom. The van der Waals surface area contributed by atoms with Crippen LogP contribution in [-0.2, 0) is 0 Å². The first-order valence-corrected chi connectivity index (χ1v) is 2.99. The smallest absolute Gasteiger partial charge is 0.100 e. The van der Waals surface area contributed by atoms with E-state index in [0.29, 0.717) is 0 Å². The van der Waals surface area contributed by atoms with Crippen molar-refractivity contribution in [1.82, 2.24) is 0 Å². The first-order valence-electron chi connectivity index (χ1n) is 2.99. The quantitative estimate of drug-likeness (QED) is 0.384. The van der Waals surface area contributed by atoms with Gasteiger partial charge in [-0.2, -0.15) is 0 Å². The summed E-state index contributed by atoms with van der Waals surface area (Å²) in [6, 6.07) is 0. The van der Waals surface area contributed by atoms with Crippen LogP contribution in [0.3, 0.4) is 0 Å². The average molecular weight is 237 g/mol. The number of hydrogen-bond donors (Lipinski definition) is 0. The van der Waals surface area contributed by atoms with Crippen molar-refractivity contribution in [3.8, 4) is 0 Å². The summed E-state index contributed by atoms with van der Waals surface area (Å²) in [6.45, 7) is 3.33. The van der Waals surface area contributed by atoms with Gasteiger partial charge in [0, 0.05) is 0 Å². The van der Waals surface area contributed by atoms with Crippen LogP contribution in [0.5, 0.6) is 0 Å². The second-order valence-electron chi connectivity index (χ2n) is 2.35. The third-order valence-electron chi connectivity index (χ3n) is 1.65. The molecule has 0 radical (unpaired) electrons. The lowest BCUT2D eigenvalue weighted by Gasteiger charge is -2.20. The van der Waals surface area contributed by atoms with Gasteiger partial charge in [0.2, 0.25) is 0 Å². The third kappa shape index (κ3) is 2.10. The van der Waals surface area contributed by atoms with Gasteiger partial charge in [0.05, 0.1) is 13.6 Å². The molecule has 0 saturated heterocycles. The minimum Gasteiger partial charge on any atom is -1.00 e. The van der Waals surface area contributed by atoms with Crippen LogP contribution < -0.4 is 24.0 Å². The predicted octanol–water partition coefficient (Wildman–Crippen LogP) is -1.50. The number of quaternary nitrogens is 1. The van der Waals surface area contributed by atoms with Crippen LogP contribution in [0.4, 0.5) is 0 Å². The second-order valence-corrected chi connectivity index (χ2v) is 2.35. The molecule has 52 valence electrons. The maximum atomic E-state index is 2.18. The molecule has 0 bridgehead atoms. The molecule has 0 aromatic rings. The summed E-state index contributed by atoms with van der Waals surface area (Å²) < 4.78 is 0.958. The minimum absolute atomic E-state index is 0. The van der Waals surface area contributed by atoms with E-state index in [1.807, 2.05) is 0 Å². The maximum Gasteiger partial charge on any atom is 0.100 e. The van der Waals surface area contributed by atoms with Gasteiger partial charge in [-0.05, 0) is 19.1 Å². The molecule has 2 heteroatoms. The Morgan fingerprint density at radius 2 is 1.67 bits per heavy atom. The van der Waals surface area contributed by atoms with Gasteiger partial charge in [0.25, 0.3) is 0 Å². The number of hydrogen-bond acceptors (Lipinski definition) is 0. The molecule has 9 heavy (non-hydrogen) atoms. The van der Waals surface area contributed by atoms with Crippen molar-refractivity contribution in [3.05, 3.63) is 24.6 Å². The number of halogens is 1. The molecule has 0 aromatic heterocycles. The van der Waals surface area contributed by atoms with Gasteiger partial charge in [-0.3, -0.25) is 4.48 Å². The normalized spacial score (nSPS) is 19.8. The van der Waals surface area contributed by atoms with E-state index in [4.69, 9.17) is 0 Å². The highest BCUT2D eigenvalue weighted by atomic mass is 127. The van der Waals surface area contributed by atoms with Gasteiger partial charge in [-0.1, -0.05) is 0 Å². The third-order valence-corrected chi connectivity index (χ3v) is 1.65. The molecule has 1 nitrogen and oxygen atoms in total. The lowest BCUT2D eigenvalue weighted by molar-refractivity contribution is -0.801. The van der Waals surface area contributed by atoms with E-state index >= 15 is 0 Å². The Morgan fingerprint density at radius 1 is 1.22 bits per heavy atom. The SMILES string of the molecule is CC[N+]1(C)C=CC=C1.[I-]. The molecule has 1 aliphatic rings. The van der Waals surface area contributed by atoms with Crippen molar-refractivity contribution in [3.63, 3.8) is 0 Å². The fraction of sp³-hybridized carbons (Fsp3) is 0.429. The zero-order chi connectivity index (χ0) is 6.04. The van der Waals surface area contributed by atoms with Crippen molar-refractivity contribution in [2.45, 2.75) is 6.92 Å². The van der Waals surface area contributed by atoms with Gasteiger partial charge < -0.3 is 24.0 Å². The Bertz CT molecular complexity index is 126. The van der Waals surface area contributed by atoms with Crippen molar-refractivity contribution in [2.24, 2.45) is 0 Å². The first-order chi connectivity index (χ1) is 3.77. The van der Waals surface area contributed by atoms with Gasteiger partial charge in [-0.25, -0.2) is 0 Å². The first kappa shape index (κ1) is 9.17. The van der Waals surface area contributed by atoms with E-state index < -0.39 is 0 Å². The summed E-state index contributed by atoms with van der Waals surface area (Å²) in [4.78, 5) is 0. The van der Waals surface area contributed by atoms with E-state index in [1.165, 1.54) is 0 Å². The molecular formula is C7H12IN. The Hall–Kier alpha value is 0.170. The molecule has 0 aliphatic carbocycles. The van der Waals surface area contributed by atoms with Crippen LogP contribution in [0.15, 0.2) is 24.6 Å². The fourth-order valence-electron chi connectivity index (χ4n) is 0.753. The highest BCUT2D eigenvalue weighted by molar-refractivity contribution is 5.03. The molecule has 0 spiro atoms. The monoisotopic (exact) mass is 237 g/mol. The van der Waals surface area contributed by atoms with Crippen LogP contribution in [0.1, 0.15) is 6.92 Å². The lowest BCUT2D eigenvalue weighted by Crippen LogP contribution is -3.00. The summed E-state index contributed by atoms with van der Waals surface area (Å²) in [6.07, 6.45) is 8.53. The Balaban J connectivity index is 0.000000640. The summed E-state index contributed by atoms with van der Waals surface area (Å²) >= 11 is 0. The standard InChI is InChI=1S/C7H12N.HI/c1-3-8(2)6-4-5-7-8;/h4-7H,3H2,1-2H3;1H/q+1;/p-1. The minimum atomic E-state index is 0. The van der Waals surface area contributed by atoms with E-state index in [0.717, 1.165) is 11.0 Å². The Labute approximate surface area is 73.7 Å². The molecule has 1 heterocycles. The van der Waals surface area contributed by atoms with Gasteiger partial charge in [0.1, 0.15) is 12.4 Å². The van der Waals surface area contributed by atoms with Crippen molar-refractivity contribution in [2.75, 3.05) is 13.6 Å². The Kier molecular flexibility index (Phi) is 3.43. The van der Waals surface area contributed by atoms with E-state index in [9.17, 15) is 0 Å². The summed E-state index contributed by atoms with van der Waals surface area (Å²) in [5.74, 6) is 0. The highest BCUT2D eigenvalue weighted by Crippen LogP contribution is 2.09. The summed E-state index contributed by atoms with van der Waals surface area (Å²) in [5, 5.41) is 0. The summed E-state index contributed by atoms with van der Waals surface area (Å²) in [5.41, 5.74) is 0. The van der Waals surface area contributed by atoms with E-state index in [2.05, 4.69) is 38.5 Å². The van der Waals surface area contributed by atoms with Crippen molar-refractivity contribution in [1.29, 1.82) is 0 Å². The maximum absolute atomic E-state index is 2.18. The summed E-state index contributed by atoms with van der Waals surface area (Å²) in [7, 11) is 2.18. The largest absolute Gasteiger partial charge is 1.00 e. The lowest BCUT2D eigenvalue weighted by atomic mass is 10.5. The molecular weight excluding hydrogens is 225 g/mol. The van der Waals surface area contributed by atoms with Crippen molar-refractivity contribution < 1.29 is 28.5 Å². The molecule has 0 saturated carbocycles. The van der Waals surface area contributed by atoms with Crippen LogP contribution >= 0.6 is 0 Å². The number of nitrogens with zero attached hydrogens (tertiary/aromatic N) is 1. The molecule has 1 aliphatic heterocycles. The zero-order valence-corrected chi connectivity index (χ0v) is 8.00. The van der Waals surface area contributed by atoms with Gasteiger partial charge in [-0.15, -0.1) is 0 Å². The van der Waals surface area contributed by atoms with E-state index in [1.54, 1.807) is 0 Å². The fourth-order valence-corrected chi connectivity index (χ4v) is 0.753. The number of allylic oxidation sites excluding steroid dienone is 2. The second kappa shape index (κ2) is 3.37. The molecule has 0 unspecified atom stereocenters. The van der Waals surface area contributed by atoms with Crippen LogP contribution in [0.25, 0.3) is 0 Å². The molecule has 0 aromatic carbocycles. The van der Waals surface area contributed by atoms with Crippen LogP contribution in [0, 0.1) is 0 Å².